The van der Waals surface area contributed by atoms with Gasteiger partial charge < -0.3 is 20.6 Å². The Hall–Kier alpha value is -1.79. The molecule has 0 unspecified atom stereocenters. The standard InChI is InChI=1S/C21H29BrN6O3S/c22-19-13-24-21(26-15-3-7-18(8-4-15)32(23,30)31)27-20(19)25-14-1-5-16(6-2-14)28-11-9-17(29)10-12-28/h3-4,7-8,13-14,16-17,29H,1-2,5-6,9-12H2,(H2,23,30,31)(H2,24,25,26,27). The molecule has 32 heavy (non-hydrogen) atoms. The number of anilines is 3. The topological polar surface area (TPSA) is 133 Å². The van der Waals surface area contributed by atoms with E-state index < -0.39 is 10.0 Å². The molecule has 4 rings (SSSR count). The molecule has 1 aliphatic heterocycles. The van der Waals surface area contributed by atoms with E-state index in [1.165, 1.54) is 12.1 Å². The molecule has 1 saturated carbocycles. The van der Waals surface area contributed by atoms with Gasteiger partial charge in [-0.25, -0.2) is 18.5 Å². The molecule has 0 bridgehead atoms. The Bertz CT molecular complexity index is 1020. The molecule has 1 aromatic heterocycles. The van der Waals surface area contributed by atoms with E-state index in [2.05, 4.69) is 41.4 Å². The molecule has 0 amide bonds. The summed E-state index contributed by atoms with van der Waals surface area (Å²) in [5.41, 5.74) is 0.665. The molecule has 1 aromatic carbocycles. The number of piperidine rings is 1. The largest absolute Gasteiger partial charge is 0.393 e. The summed E-state index contributed by atoms with van der Waals surface area (Å²) >= 11 is 3.53. The average Bonchev–Trinajstić information content (AvgIpc) is 2.77. The molecule has 11 heteroatoms. The van der Waals surface area contributed by atoms with Crippen molar-refractivity contribution in [3.05, 3.63) is 34.9 Å². The maximum atomic E-state index is 11.4. The monoisotopic (exact) mass is 524 g/mol. The second kappa shape index (κ2) is 10.0. The highest BCUT2D eigenvalue weighted by atomic mass is 79.9. The van der Waals surface area contributed by atoms with Crippen molar-refractivity contribution < 1.29 is 13.5 Å². The van der Waals surface area contributed by atoms with Crippen LogP contribution < -0.4 is 15.8 Å². The van der Waals surface area contributed by atoms with Gasteiger partial charge in [0.2, 0.25) is 16.0 Å². The minimum Gasteiger partial charge on any atom is -0.393 e. The zero-order chi connectivity index (χ0) is 22.7. The number of benzene rings is 1. The molecular weight excluding hydrogens is 496 g/mol. The van der Waals surface area contributed by atoms with Crippen molar-refractivity contribution in [3.63, 3.8) is 0 Å². The van der Waals surface area contributed by atoms with E-state index in [1.807, 2.05) is 0 Å². The molecule has 2 fully saturated rings. The summed E-state index contributed by atoms with van der Waals surface area (Å²) in [4.78, 5) is 11.5. The van der Waals surface area contributed by atoms with Crippen LogP contribution in [0.15, 0.2) is 39.8 Å². The highest BCUT2D eigenvalue weighted by Gasteiger charge is 2.28. The van der Waals surface area contributed by atoms with Crippen LogP contribution in [-0.2, 0) is 10.0 Å². The zero-order valence-electron chi connectivity index (χ0n) is 17.7. The molecule has 0 radical (unpaired) electrons. The van der Waals surface area contributed by atoms with Gasteiger partial charge in [0.15, 0.2) is 0 Å². The van der Waals surface area contributed by atoms with Crippen LogP contribution in [0.4, 0.5) is 17.5 Å². The lowest BCUT2D eigenvalue weighted by molar-refractivity contribution is 0.0495. The minimum absolute atomic E-state index is 0.0541. The van der Waals surface area contributed by atoms with Crippen LogP contribution in [0, 0.1) is 0 Å². The molecule has 9 nitrogen and oxygen atoms in total. The maximum absolute atomic E-state index is 11.4. The van der Waals surface area contributed by atoms with Crippen molar-refractivity contribution in [3.8, 4) is 0 Å². The predicted octanol–water partition coefficient (Wildman–Crippen LogP) is 2.81. The van der Waals surface area contributed by atoms with E-state index in [9.17, 15) is 13.5 Å². The Balaban J connectivity index is 1.34. The van der Waals surface area contributed by atoms with Gasteiger partial charge in [-0.15, -0.1) is 0 Å². The Morgan fingerprint density at radius 1 is 1.06 bits per heavy atom. The van der Waals surface area contributed by atoms with Gasteiger partial charge in [-0.3, -0.25) is 0 Å². The number of aliphatic hydroxyl groups is 1. The van der Waals surface area contributed by atoms with E-state index in [0.29, 0.717) is 23.7 Å². The van der Waals surface area contributed by atoms with Crippen molar-refractivity contribution in [2.45, 2.75) is 61.6 Å². The molecule has 2 heterocycles. The predicted molar refractivity (Wildman–Crippen MR) is 127 cm³/mol. The lowest BCUT2D eigenvalue weighted by Crippen LogP contribution is -2.45. The van der Waals surface area contributed by atoms with Crippen molar-refractivity contribution in [1.82, 2.24) is 14.9 Å². The summed E-state index contributed by atoms with van der Waals surface area (Å²) in [7, 11) is -3.72. The molecule has 5 N–H and O–H groups in total. The first-order valence-corrected chi connectivity index (χ1v) is 13.2. The maximum Gasteiger partial charge on any atom is 0.238 e. The van der Waals surface area contributed by atoms with Crippen LogP contribution >= 0.6 is 15.9 Å². The van der Waals surface area contributed by atoms with Gasteiger partial charge >= 0.3 is 0 Å². The summed E-state index contributed by atoms with van der Waals surface area (Å²) in [6.45, 7) is 1.99. The lowest BCUT2D eigenvalue weighted by atomic mass is 9.89. The summed E-state index contributed by atoms with van der Waals surface area (Å²) < 4.78 is 23.6. The number of nitrogens with one attached hydrogen (secondary N) is 2. The molecule has 2 aromatic rings. The lowest BCUT2D eigenvalue weighted by Gasteiger charge is -2.40. The third-order valence-electron chi connectivity index (χ3n) is 6.24. The second-order valence-corrected chi connectivity index (χ2v) is 10.9. The van der Waals surface area contributed by atoms with E-state index in [0.717, 1.165) is 61.9 Å². The number of aliphatic hydroxyl groups excluding tert-OH is 1. The molecule has 174 valence electrons. The fourth-order valence-electron chi connectivity index (χ4n) is 4.42. The van der Waals surface area contributed by atoms with Gasteiger partial charge in [-0.2, -0.15) is 4.98 Å². The number of likely N-dealkylation sites (tertiary alicyclic amines) is 1. The van der Waals surface area contributed by atoms with Crippen LogP contribution in [0.2, 0.25) is 0 Å². The van der Waals surface area contributed by atoms with E-state index >= 15 is 0 Å². The van der Waals surface area contributed by atoms with E-state index in [1.54, 1.807) is 18.3 Å². The smallest absolute Gasteiger partial charge is 0.238 e. The highest BCUT2D eigenvalue weighted by molar-refractivity contribution is 9.10. The molecule has 0 atom stereocenters. The van der Waals surface area contributed by atoms with Crippen molar-refractivity contribution in [2.75, 3.05) is 23.7 Å². The highest BCUT2D eigenvalue weighted by Crippen LogP contribution is 2.30. The normalized spacial score (nSPS) is 23.1. The minimum atomic E-state index is -3.72. The van der Waals surface area contributed by atoms with Gasteiger partial charge in [0.1, 0.15) is 5.82 Å². The van der Waals surface area contributed by atoms with Crippen LogP contribution in [0.25, 0.3) is 0 Å². The van der Waals surface area contributed by atoms with Gasteiger partial charge in [0.05, 0.1) is 15.5 Å². The van der Waals surface area contributed by atoms with Gasteiger partial charge in [0, 0.05) is 37.1 Å². The zero-order valence-corrected chi connectivity index (χ0v) is 20.1. The first kappa shape index (κ1) is 23.4. The molecule has 0 spiro atoms. The number of halogens is 1. The fraction of sp³-hybridized carbons (Fsp3) is 0.524. The molecule has 2 aliphatic rings. The number of nitrogens with zero attached hydrogens (tertiary/aromatic N) is 3. The number of aromatic nitrogens is 2. The number of sulfonamides is 1. The second-order valence-electron chi connectivity index (χ2n) is 8.50. The summed E-state index contributed by atoms with van der Waals surface area (Å²) in [6, 6.07) is 7.08. The summed E-state index contributed by atoms with van der Waals surface area (Å²) in [5.74, 6) is 1.15. The third-order valence-corrected chi connectivity index (χ3v) is 7.75. The fourth-order valence-corrected chi connectivity index (χ4v) is 5.24. The van der Waals surface area contributed by atoms with Crippen LogP contribution in [-0.4, -0.2) is 59.7 Å². The first-order valence-electron chi connectivity index (χ1n) is 10.9. The van der Waals surface area contributed by atoms with Gasteiger partial charge in [-0.05, 0) is 78.7 Å². The number of nitrogens with two attached hydrogens (primary N) is 1. The van der Waals surface area contributed by atoms with E-state index in [-0.39, 0.29) is 11.0 Å². The Kier molecular flexibility index (Phi) is 7.30. The summed E-state index contributed by atoms with van der Waals surface area (Å²) in [6.07, 6.45) is 7.74. The quantitative estimate of drug-likeness (QED) is 0.453. The molecule has 1 saturated heterocycles. The number of hydrogen-bond donors (Lipinski definition) is 4. The SMILES string of the molecule is NS(=O)(=O)c1ccc(Nc2ncc(Br)c(NC3CCC(N4CCC(O)CC4)CC3)n2)cc1. The van der Waals surface area contributed by atoms with Crippen LogP contribution in [0.3, 0.4) is 0 Å². The number of rotatable bonds is 6. The third kappa shape index (κ3) is 5.96. The number of primary sulfonamides is 1. The van der Waals surface area contributed by atoms with Crippen LogP contribution in [0.5, 0.6) is 0 Å². The molecular formula is C21H29BrN6O3S. The van der Waals surface area contributed by atoms with Crippen molar-refractivity contribution >= 4 is 43.4 Å². The van der Waals surface area contributed by atoms with Crippen molar-refractivity contribution in [1.29, 1.82) is 0 Å². The molecule has 1 aliphatic carbocycles. The Morgan fingerprint density at radius 2 is 1.72 bits per heavy atom. The van der Waals surface area contributed by atoms with Gasteiger partial charge in [0.25, 0.3) is 0 Å². The van der Waals surface area contributed by atoms with Crippen molar-refractivity contribution in [2.24, 2.45) is 5.14 Å². The average molecular weight is 525 g/mol. The summed E-state index contributed by atoms with van der Waals surface area (Å²) in [5, 5.41) is 21.5. The van der Waals surface area contributed by atoms with Gasteiger partial charge in [-0.1, -0.05) is 0 Å². The van der Waals surface area contributed by atoms with Crippen LogP contribution in [0.1, 0.15) is 38.5 Å². The van der Waals surface area contributed by atoms with E-state index in [4.69, 9.17) is 5.14 Å². The first-order chi connectivity index (χ1) is 15.3. The number of hydrogen-bond acceptors (Lipinski definition) is 8. The Morgan fingerprint density at radius 3 is 2.34 bits per heavy atom. The Labute approximate surface area is 197 Å².